The third kappa shape index (κ3) is 2.03. The van der Waals surface area contributed by atoms with Crippen LogP contribution >= 0.6 is 11.3 Å². The van der Waals surface area contributed by atoms with E-state index < -0.39 is 0 Å². The first-order valence-corrected chi connectivity index (χ1v) is 6.37. The number of thiophene rings is 1. The largest absolute Gasteiger partial charge is 0.310 e. The fraction of sp³-hybridized carbons (Fsp3) is 0.417. The van der Waals surface area contributed by atoms with E-state index in [4.69, 9.17) is 0 Å². The molecule has 2 rings (SSSR count). The van der Waals surface area contributed by atoms with Crippen LogP contribution in [0.5, 0.6) is 0 Å². The van der Waals surface area contributed by atoms with Gasteiger partial charge in [-0.2, -0.15) is 11.3 Å². The molecule has 1 aliphatic rings. The first kappa shape index (κ1) is 11.4. The van der Waals surface area contributed by atoms with Crippen molar-refractivity contribution in [2.45, 2.75) is 18.9 Å². The molecule has 0 aromatic carbocycles. The molecule has 0 bridgehead atoms. The van der Waals surface area contributed by atoms with E-state index >= 15 is 0 Å². The molecule has 4 heteroatoms. The smallest absolute Gasteiger partial charge is 0.248 e. The summed E-state index contributed by atoms with van der Waals surface area (Å²) in [4.78, 5) is 14.1. The summed E-state index contributed by atoms with van der Waals surface area (Å²) in [5.41, 5.74) is 2.00. The molecule has 2 heterocycles. The number of rotatable bonds is 2. The van der Waals surface area contributed by atoms with Gasteiger partial charge in [0.15, 0.2) is 0 Å². The van der Waals surface area contributed by atoms with Gasteiger partial charge in [0.2, 0.25) is 5.91 Å². The maximum absolute atomic E-state index is 12.3. The van der Waals surface area contributed by atoms with Crippen molar-refractivity contribution in [1.29, 1.82) is 0 Å². The summed E-state index contributed by atoms with van der Waals surface area (Å²) in [5, 5.41) is 7.06. The van der Waals surface area contributed by atoms with Crippen LogP contribution < -0.4 is 10.2 Å². The van der Waals surface area contributed by atoms with Crippen molar-refractivity contribution < 1.29 is 4.79 Å². The highest BCUT2D eigenvalue weighted by atomic mass is 32.1. The fourth-order valence-corrected chi connectivity index (χ4v) is 2.69. The lowest BCUT2D eigenvalue weighted by Gasteiger charge is -2.23. The third-order valence-corrected chi connectivity index (χ3v) is 3.58. The van der Waals surface area contributed by atoms with Gasteiger partial charge in [0, 0.05) is 11.9 Å². The molecule has 0 saturated carbocycles. The third-order valence-electron chi connectivity index (χ3n) is 2.91. The van der Waals surface area contributed by atoms with E-state index in [9.17, 15) is 4.79 Å². The van der Waals surface area contributed by atoms with E-state index in [-0.39, 0.29) is 11.9 Å². The number of hydrogen-bond donors (Lipinski definition) is 1. The molecule has 1 aromatic heterocycles. The topological polar surface area (TPSA) is 32.3 Å². The Labute approximate surface area is 99.8 Å². The standard InChI is InChI=1S/C12H16N2OS/c1-9-4-3-6-14(10-5-7-16-8-10)12(15)11(9)13-2/h5,7-8,11,13H,1,3-4,6H2,2H3. The van der Waals surface area contributed by atoms with Crippen LogP contribution in [0.15, 0.2) is 29.0 Å². The van der Waals surface area contributed by atoms with Crippen LogP contribution in [0, 0.1) is 0 Å². The molecule has 1 unspecified atom stereocenters. The zero-order valence-corrected chi connectivity index (χ0v) is 10.2. The van der Waals surface area contributed by atoms with Gasteiger partial charge in [0.1, 0.15) is 6.04 Å². The summed E-state index contributed by atoms with van der Waals surface area (Å²) in [6.45, 7) is 4.77. The Hall–Kier alpha value is -1.13. The molecule has 1 fully saturated rings. The second-order valence-electron chi connectivity index (χ2n) is 3.95. The number of amides is 1. The molecule has 0 radical (unpaired) electrons. The maximum Gasteiger partial charge on any atom is 0.248 e. The number of carbonyl (C=O) groups is 1. The highest BCUT2D eigenvalue weighted by molar-refractivity contribution is 7.08. The Morgan fingerprint density at radius 3 is 3.06 bits per heavy atom. The van der Waals surface area contributed by atoms with Crippen molar-refractivity contribution in [2.75, 3.05) is 18.5 Å². The number of hydrogen-bond acceptors (Lipinski definition) is 3. The molecule has 16 heavy (non-hydrogen) atoms. The molecule has 0 spiro atoms. The number of carbonyl (C=O) groups excluding carboxylic acids is 1. The summed E-state index contributed by atoms with van der Waals surface area (Å²) >= 11 is 1.61. The molecule has 1 atom stereocenters. The summed E-state index contributed by atoms with van der Waals surface area (Å²) in [6.07, 6.45) is 1.90. The van der Waals surface area contributed by atoms with E-state index in [2.05, 4.69) is 11.9 Å². The van der Waals surface area contributed by atoms with Gasteiger partial charge in [-0.1, -0.05) is 12.2 Å². The molecule has 3 nitrogen and oxygen atoms in total. The summed E-state index contributed by atoms with van der Waals surface area (Å²) in [7, 11) is 1.81. The zero-order valence-electron chi connectivity index (χ0n) is 9.40. The first-order valence-electron chi connectivity index (χ1n) is 5.42. The lowest BCUT2D eigenvalue weighted by Crippen LogP contribution is -2.44. The molecule has 1 aliphatic heterocycles. The maximum atomic E-state index is 12.3. The Morgan fingerprint density at radius 1 is 1.62 bits per heavy atom. The molecular formula is C12H16N2OS. The minimum Gasteiger partial charge on any atom is -0.310 e. The average Bonchev–Trinajstić information content (AvgIpc) is 2.74. The monoisotopic (exact) mass is 236 g/mol. The summed E-state index contributed by atoms with van der Waals surface area (Å²) < 4.78 is 0. The fourth-order valence-electron chi connectivity index (χ4n) is 2.04. The summed E-state index contributed by atoms with van der Waals surface area (Å²) in [6, 6.07) is 1.76. The van der Waals surface area contributed by atoms with Crippen LogP contribution in [0.25, 0.3) is 0 Å². The van der Waals surface area contributed by atoms with Crippen LogP contribution in [-0.4, -0.2) is 25.5 Å². The minimum atomic E-state index is -0.234. The van der Waals surface area contributed by atoms with Crippen molar-refractivity contribution >= 4 is 22.9 Å². The zero-order chi connectivity index (χ0) is 11.5. The summed E-state index contributed by atoms with van der Waals surface area (Å²) in [5.74, 6) is 0.114. The molecule has 1 saturated heterocycles. The Morgan fingerprint density at radius 2 is 2.44 bits per heavy atom. The predicted molar refractivity (Wildman–Crippen MR) is 67.9 cm³/mol. The van der Waals surface area contributed by atoms with Gasteiger partial charge < -0.3 is 10.2 Å². The van der Waals surface area contributed by atoms with Gasteiger partial charge in [0.25, 0.3) is 0 Å². The first-order chi connectivity index (χ1) is 7.74. The van der Waals surface area contributed by atoms with Crippen LogP contribution in [0.2, 0.25) is 0 Å². The van der Waals surface area contributed by atoms with Crippen molar-refractivity contribution in [2.24, 2.45) is 0 Å². The second-order valence-corrected chi connectivity index (χ2v) is 4.73. The van der Waals surface area contributed by atoms with E-state index in [1.165, 1.54) is 0 Å². The van der Waals surface area contributed by atoms with Gasteiger partial charge in [0.05, 0.1) is 5.69 Å². The predicted octanol–water partition coefficient (Wildman–Crippen LogP) is 2.02. The van der Waals surface area contributed by atoms with Gasteiger partial charge >= 0.3 is 0 Å². The van der Waals surface area contributed by atoms with Crippen LogP contribution in [0.1, 0.15) is 12.8 Å². The second kappa shape index (κ2) is 4.80. The molecule has 1 amide bonds. The van der Waals surface area contributed by atoms with Crippen molar-refractivity contribution in [3.05, 3.63) is 29.0 Å². The van der Waals surface area contributed by atoms with Crippen molar-refractivity contribution in [1.82, 2.24) is 5.32 Å². The number of anilines is 1. The van der Waals surface area contributed by atoms with E-state index in [1.807, 2.05) is 28.8 Å². The normalized spacial score (nSPS) is 22.3. The SMILES string of the molecule is C=C1CCCN(c2ccsc2)C(=O)C1NC. The van der Waals surface area contributed by atoms with Crippen LogP contribution in [0.4, 0.5) is 5.69 Å². The van der Waals surface area contributed by atoms with Gasteiger partial charge in [-0.15, -0.1) is 0 Å². The van der Waals surface area contributed by atoms with Gasteiger partial charge in [-0.05, 0) is 31.3 Å². The minimum absolute atomic E-state index is 0.114. The van der Waals surface area contributed by atoms with Crippen molar-refractivity contribution in [3.63, 3.8) is 0 Å². The van der Waals surface area contributed by atoms with E-state index in [0.717, 1.165) is 30.6 Å². The Balaban J connectivity index is 2.26. The van der Waals surface area contributed by atoms with E-state index in [0.29, 0.717) is 0 Å². The lowest BCUT2D eigenvalue weighted by atomic mass is 10.1. The Bertz CT molecular complexity index is 386. The number of nitrogens with zero attached hydrogens (tertiary/aromatic N) is 1. The highest BCUT2D eigenvalue weighted by Gasteiger charge is 2.29. The number of nitrogens with one attached hydrogen (secondary N) is 1. The molecule has 0 aliphatic carbocycles. The van der Waals surface area contributed by atoms with E-state index in [1.54, 1.807) is 11.3 Å². The highest BCUT2D eigenvalue weighted by Crippen LogP contribution is 2.24. The quantitative estimate of drug-likeness (QED) is 0.797. The van der Waals surface area contributed by atoms with Crippen molar-refractivity contribution in [3.8, 4) is 0 Å². The van der Waals surface area contributed by atoms with Gasteiger partial charge in [-0.25, -0.2) is 0 Å². The molecule has 1 aromatic rings. The molecular weight excluding hydrogens is 220 g/mol. The molecule has 86 valence electrons. The average molecular weight is 236 g/mol. The van der Waals surface area contributed by atoms with Crippen LogP contribution in [-0.2, 0) is 4.79 Å². The van der Waals surface area contributed by atoms with Crippen LogP contribution in [0.3, 0.4) is 0 Å². The number of likely N-dealkylation sites (N-methyl/N-ethyl adjacent to an activating group) is 1. The molecule has 1 N–H and O–H groups in total. The van der Waals surface area contributed by atoms with Gasteiger partial charge in [-0.3, -0.25) is 4.79 Å². The Kier molecular flexibility index (Phi) is 3.41. The lowest BCUT2D eigenvalue weighted by molar-refractivity contribution is -0.119.